The van der Waals surface area contributed by atoms with Gasteiger partial charge in [0.2, 0.25) is 10.0 Å². The van der Waals surface area contributed by atoms with Gasteiger partial charge in [0, 0.05) is 24.5 Å². The van der Waals surface area contributed by atoms with Gasteiger partial charge >= 0.3 is 0 Å². The number of aliphatic hydroxyl groups excluding tert-OH is 1. The van der Waals surface area contributed by atoms with Crippen LogP contribution in [0.4, 0.5) is 0 Å². The first-order valence-electron chi connectivity index (χ1n) is 5.89. The highest BCUT2D eigenvalue weighted by Crippen LogP contribution is 2.37. The summed E-state index contributed by atoms with van der Waals surface area (Å²) >= 11 is 0. The standard InChI is InChI=1S/C11H18N2O3S/c1-2-5-12-17(15,16)11-6-10(8-14)13(7-11)9-3-4-9/h6-7,9,12,14H,2-5,8H2,1H3. The van der Waals surface area contributed by atoms with Gasteiger partial charge in [-0.25, -0.2) is 13.1 Å². The fourth-order valence-corrected chi connectivity index (χ4v) is 2.97. The minimum atomic E-state index is -3.42. The van der Waals surface area contributed by atoms with Crippen molar-refractivity contribution < 1.29 is 13.5 Å². The molecule has 1 aliphatic carbocycles. The molecule has 96 valence electrons. The van der Waals surface area contributed by atoms with E-state index in [0.29, 0.717) is 18.3 Å². The van der Waals surface area contributed by atoms with E-state index in [2.05, 4.69) is 4.72 Å². The molecule has 2 rings (SSSR count). The van der Waals surface area contributed by atoms with Crippen LogP contribution in [0.1, 0.15) is 37.9 Å². The molecule has 0 radical (unpaired) electrons. The number of rotatable bonds is 6. The third-order valence-electron chi connectivity index (χ3n) is 2.86. The lowest BCUT2D eigenvalue weighted by atomic mass is 10.4. The maximum Gasteiger partial charge on any atom is 0.242 e. The molecule has 0 unspecified atom stereocenters. The second-order valence-corrected chi connectivity index (χ2v) is 6.13. The summed E-state index contributed by atoms with van der Waals surface area (Å²) in [6, 6.07) is 1.92. The van der Waals surface area contributed by atoms with Crippen LogP contribution in [0, 0.1) is 0 Å². The van der Waals surface area contributed by atoms with Gasteiger partial charge < -0.3 is 9.67 Å². The van der Waals surface area contributed by atoms with Gasteiger partial charge in [-0.2, -0.15) is 0 Å². The fraction of sp³-hybridized carbons (Fsp3) is 0.636. The van der Waals surface area contributed by atoms with Gasteiger partial charge in [0.1, 0.15) is 0 Å². The molecule has 0 saturated heterocycles. The molecule has 1 saturated carbocycles. The topological polar surface area (TPSA) is 71.3 Å². The summed E-state index contributed by atoms with van der Waals surface area (Å²) in [4.78, 5) is 0.252. The van der Waals surface area contributed by atoms with E-state index in [-0.39, 0.29) is 11.5 Å². The first-order chi connectivity index (χ1) is 8.08. The van der Waals surface area contributed by atoms with Crippen LogP contribution in [-0.2, 0) is 16.6 Å². The highest BCUT2D eigenvalue weighted by molar-refractivity contribution is 7.89. The van der Waals surface area contributed by atoms with Gasteiger partial charge in [-0.3, -0.25) is 0 Å². The second-order valence-electron chi connectivity index (χ2n) is 4.36. The van der Waals surface area contributed by atoms with Crippen molar-refractivity contribution in [2.24, 2.45) is 0 Å². The molecule has 1 aromatic heterocycles. The van der Waals surface area contributed by atoms with Crippen LogP contribution in [0.15, 0.2) is 17.2 Å². The summed E-state index contributed by atoms with van der Waals surface area (Å²) in [5.41, 5.74) is 0.671. The summed E-state index contributed by atoms with van der Waals surface area (Å²) in [5, 5.41) is 9.21. The Kier molecular flexibility index (Phi) is 3.56. The molecule has 1 heterocycles. The number of hydrogen-bond donors (Lipinski definition) is 2. The van der Waals surface area contributed by atoms with Crippen LogP contribution >= 0.6 is 0 Å². The number of aromatic nitrogens is 1. The van der Waals surface area contributed by atoms with Crippen LogP contribution in [0.25, 0.3) is 0 Å². The zero-order valence-electron chi connectivity index (χ0n) is 9.89. The summed E-state index contributed by atoms with van der Waals surface area (Å²) in [5.74, 6) is 0. The zero-order chi connectivity index (χ0) is 12.5. The molecule has 0 bridgehead atoms. The molecule has 1 aromatic rings. The van der Waals surface area contributed by atoms with Crippen molar-refractivity contribution in [2.75, 3.05) is 6.54 Å². The van der Waals surface area contributed by atoms with Crippen LogP contribution < -0.4 is 4.72 Å². The van der Waals surface area contributed by atoms with Crippen molar-refractivity contribution in [3.8, 4) is 0 Å². The Morgan fingerprint density at radius 3 is 2.76 bits per heavy atom. The van der Waals surface area contributed by atoms with E-state index >= 15 is 0 Å². The van der Waals surface area contributed by atoms with E-state index in [9.17, 15) is 13.5 Å². The average Bonchev–Trinajstić information content (AvgIpc) is 3.05. The zero-order valence-corrected chi connectivity index (χ0v) is 10.7. The largest absolute Gasteiger partial charge is 0.390 e. The molecular formula is C11H18N2O3S. The molecule has 2 N–H and O–H groups in total. The van der Waals surface area contributed by atoms with E-state index in [1.54, 1.807) is 12.3 Å². The van der Waals surface area contributed by atoms with Crippen LogP contribution in [0.3, 0.4) is 0 Å². The third-order valence-corrected chi connectivity index (χ3v) is 4.29. The van der Waals surface area contributed by atoms with Crippen LogP contribution in [0.5, 0.6) is 0 Å². The van der Waals surface area contributed by atoms with Gasteiger partial charge in [-0.1, -0.05) is 6.92 Å². The highest BCUT2D eigenvalue weighted by atomic mass is 32.2. The fourth-order valence-electron chi connectivity index (χ4n) is 1.78. The number of nitrogens with zero attached hydrogens (tertiary/aromatic N) is 1. The lowest BCUT2D eigenvalue weighted by molar-refractivity contribution is 0.270. The lowest BCUT2D eigenvalue weighted by Crippen LogP contribution is -2.23. The molecule has 0 spiro atoms. The predicted molar refractivity (Wildman–Crippen MR) is 64.1 cm³/mol. The Morgan fingerprint density at radius 2 is 2.24 bits per heavy atom. The monoisotopic (exact) mass is 258 g/mol. The molecule has 0 aliphatic heterocycles. The third kappa shape index (κ3) is 2.70. The van der Waals surface area contributed by atoms with E-state index in [1.165, 1.54) is 0 Å². The van der Waals surface area contributed by atoms with Gasteiger partial charge in [-0.15, -0.1) is 0 Å². The smallest absolute Gasteiger partial charge is 0.242 e. The Morgan fingerprint density at radius 1 is 1.53 bits per heavy atom. The van der Waals surface area contributed by atoms with Crippen molar-refractivity contribution in [3.05, 3.63) is 18.0 Å². The minimum Gasteiger partial charge on any atom is -0.390 e. The van der Waals surface area contributed by atoms with Crippen molar-refractivity contribution in [1.82, 2.24) is 9.29 Å². The molecule has 0 atom stereocenters. The van der Waals surface area contributed by atoms with E-state index in [0.717, 1.165) is 19.3 Å². The molecule has 6 heteroatoms. The SMILES string of the molecule is CCCNS(=O)(=O)c1cc(CO)n(C2CC2)c1. The van der Waals surface area contributed by atoms with Crippen LogP contribution in [-0.4, -0.2) is 24.6 Å². The molecule has 1 aliphatic rings. The molecule has 1 fully saturated rings. The lowest BCUT2D eigenvalue weighted by Gasteiger charge is -2.03. The van der Waals surface area contributed by atoms with Gasteiger partial charge in [0.15, 0.2) is 0 Å². The van der Waals surface area contributed by atoms with E-state index < -0.39 is 10.0 Å². The summed E-state index contributed by atoms with van der Waals surface area (Å²) in [6.45, 7) is 2.22. The van der Waals surface area contributed by atoms with Crippen molar-refractivity contribution >= 4 is 10.0 Å². The predicted octanol–water partition coefficient (Wildman–Crippen LogP) is 1.00. The maximum atomic E-state index is 11.9. The normalized spacial score (nSPS) is 16.4. The second kappa shape index (κ2) is 4.80. The van der Waals surface area contributed by atoms with Crippen LogP contribution in [0.2, 0.25) is 0 Å². The number of sulfonamides is 1. The van der Waals surface area contributed by atoms with Gasteiger partial charge in [0.25, 0.3) is 0 Å². The first kappa shape index (κ1) is 12.6. The Labute approximate surface area is 102 Å². The van der Waals surface area contributed by atoms with Gasteiger partial charge in [-0.05, 0) is 25.3 Å². The van der Waals surface area contributed by atoms with E-state index in [4.69, 9.17) is 0 Å². The molecule has 0 amide bonds. The number of nitrogens with one attached hydrogen (secondary N) is 1. The maximum absolute atomic E-state index is 11.9. The van der Waals surface area contributed by atoms with E-state index in [1.807, 2.05) is 11.5 Å². The quantitative estimate of drug-likeness (QED) is 0.799. The van der Waals surface area contributed by atoms with Crippen molar-refractivity contribution in [2.45, 2.75) is 43.7 Å². The molecule has 0 aromatic carbocycles. The summed E-state index contributed by atoms with van der Waals surface area (Å²) in [7, 11) is -3.42. The Hall–Kier alpha value is -0.850. The van der Waals surface area contributed by atoms with Crippen molar-refractivity contribution in [1.29, 1.82) is 0 Å². The number of hydrogen-bond acceptors (Lipinski definition) is 3. The number of aliphatic hydroxyl groups is 1. The summed E-state index contributed by atoms with van der Waals surface area (Å²) in [6.07, 6.45) is 4.50. The Bertz CT molecular complexity index is 489. The highest BCUT2D eigenvalue weighted by Gasteiger charge is 2.27. The molecule has 5 nitrogen and oxygen atoms in total. The summed E-state index contributed by atoms with van der Waals surface area (Å²) < 4.78 is 28.2. The average molecular weight is 258 g/mol. The minimum absolute atomic E-state index is 0.125. The molecular weight excluding hydrogens is 240 g/mol. The van der Waals surface area contributed by atoms with Crippen molar-refractivity contribution in [3.63, 3.8) is 0 Å². The first-order valence-corrected chi connectivity index (χ1v) is 7.38. The molecule has 17 heavy (non-hydrogen) atoms. The Balaban J connectivity index is 2.26. The van der Waals surface area contributed by atoms with Gasteiger partial charge in [0.05, 0.1) is 11.5 Å².